The Labute approximate surface area is 194 Å². The number of benzene rings is 3. The molecule has 0 amide bonds. The molecule has 0 atom stereocenters. The zero-order valence-corrected chi connectivity index (χ0v) is 19.3. The highest BCUT2D eigenvalue weighted by molar-refractivity contribution is 6.01. The Morgan fingerprint density at radius 1 is 1.06 bits per heavy atom. The number of nitrogens with zero attached hydrogens (tertiary/aromatic N) is 4. The lowest BCUT2D eigenvalue weighted by molar-refractivity contribution is 0.603. The van der Waals surface area contributed by atoms with Gasteiger partial charge >= 0.3 is 0 Å². The monoisotopic (exact) mass is 436 g/mol. The Kier molecular flexibility index (Phi) is 5.69. The molecule has 1 aliphatic heterocycles. The van der Waals surface area contributed by atoms with Crippen molar-refractivity contribution >= 4 is 34.3 Å². The third-order valence-electron chi connectivity index (χ3n) is 6.01. The summed E-state index contributed by atoms with van der Waals surface area (Å²) in [6, 6.07) is 25.1. The SMILES string of the molecule is CCN(N=Cc1ccc2oc(C(C)=NN3CCc4ccccc43)cc2c1)c1ccc(C)cc1. The summed E-state index contributed by atoms with van der Waals surface area (Å²) in [7, 11) is 0. The minimum absolute atomic E-state index is 0.790. The molecule has 3 aromatic carbocycles. The molecule has 4 aromatic rings. The van der Waals surface area contributed by atoms with Crippen LogP contribution in [-0.4, -0.2) is 25.0 Å². The van der Waals surface area contributed by atoms with E-state index in [1.165, 1.54) is 16.8 Å². The van der Waals surface area contributed by atoms with E-state index in [-0.39, 0.29) is 0 Å². The maximum Gasteiger partial charge on any atom is 0.151 e. The van der Waals surface area contributed by atoms with Gasteiger partial charge in [-0.25, -0.2) is 0 Å². The van der Waals surface area contributed by atoms with E-state index < -0.39 is 0 Å². The van der Waals surface area contributed by atoms with Gasteiger partial charge in [0.1, 0.15) is 11.3 Å². The molecule has 2 heterocycles. The third kappa shape index (κ3) is 4.40. The first-order valence-corrected chi connectivity index (χ1v) is 11.4. The van der Waals surface area contributed by atoms with Crippen molar-refractivity contribution in [2.75, 3.05) is 23.1 Å². The van der Waals surface area contributed by atoms with Crippen LogP contribution >= 0.6 is 0 Å². The molecule has 0 aliphatic carbocycles. The van der Waals surface area contributed by atoms with Crippen molar-refractivity contribution in [2.45, 2.75) is 27.2 Å². The van der Waals surface area contributed by atoms with Crippen LogP contribution in [0.25, 0.3) is 11.0 Å². The van der Waals surface area contributed by atoms with E-state index in [0.717, 1.165) is 53.2 Å². The normalized spacial score (nSPS) is 13.8. The van der Waals surface area contributed by atoms with Crippen LogP contribution in [0.1, 0.15) is 36.3 Å². The van der Waals surface area contributed by atoms with Crippen LogP contribution < -0.4 is 10.0 Å². The van der Waals surface area contributed by atoms with E-state index in [1.54, 1.807) is 0 Å². The molecule has 5 rings (SSSR count). The number of hydrogen-bond donors (Lipinski definition) is 0. The molecule has 0 saturated heterocycles. The molecule has 0 spiro atoms. The van der Waals surface area contributed by atoms with Gasteiger partial charge in [0.15, 0.2) is 5.76 Å². The van der Waals surface area contributed by atoms with E-state index in [1.807, 2.05) is 30.3 Å². The van der Waals surface area contributed by atoms with Gasteiger partial charge in [0.05, 0.1) is 17.6 Å². The number of para-hydroxylation sites is 1. The molecule has 1 aliphatic rings. The molecular weight excluding hydrogens is 408 g/mol. The second-order valence-electron chi connectivity index (χ2n) is 8.39. The first-order valence-electron chi connectivity index (χ1n) is 11.4. The fourth-order valence-electron chi connectivity index (χ4n) is 4.16. The Bertz CT molecular complexity index is 1330. The van der Waals surface area contributed by atoms with Crippen LogP contribution in [-0.2, 0) is 6.42 Å². The maximum absolute atomic E-state index is 6.10. The molecule has 5 heteroatoms. The third-order valence-corrected chi connectivity index (χ3v) is 6.01. The van der Waals surface area contributed by atoms with E-state index in [0.29, 0.717) is 0 Å². The largest absolute Gasteiger partial charge is 0.455 e. The summed E-state index contributed by atoms with van der Waals surface area (Å²) in [6.07, 6.45) is 2.92. The Morgan fingerprint density at radius 2 is 1.88 bits per heavy atom. The molecular formula is C28H28N4O. The van der Waals surface area contributed by atoms with Gasteiger partial charge in [-0.15, -0.1) is 0 Å². The average molecular weight is 437 g/mol. The molecule has 0 unspecified atom stereocenters. The number of anilines is 2. The highest BCUT2D eigenvalue weighted by Crippen LogP contribution is 2.28. The van der Waals surface area contributed by atoms with Gasteiger partial charge in [-0.2, -0.15) is 10.2 Å². The maximum atomic E-state index is 6.10. The van der Waals surface area contributed by atoms with E-state index in [9.17, 15) is 0 Å². The Hall–Kier alpha value is -3.86. The summed E-state index contributed by atoms with van der Waals surface area (Å²) >= 11 is 0. The number of aryl methyl sites for hydroxylation is 1. The minimum atomic E-state index is 0.790. The number of hydrogen-bond acceptors (Lipinski definition) is 5. The molecule has 33 heavy (non-hydrogen) atoms. The summed E-state index contributed by atoms with van der Waals surface area (Å²) in [5.41, 5.74) is 7.60. The smallest absolute Gasteiger partial charge is 0.151 e. The predicted octanol–water partition coefficient (Wildman–Crippen LogP) is 6.39. The van der Waals surface area contributed by atoms with Gasteiger partial charge in [0.25, 0.3) is 0 Å². The minimum Gasteiger partial charge on any atom is -0.455 e. The van der Waals surface area contributed by atoms with Crippen molar-refractivity contribution in [2.24, 2.45) is 10.2 Å². The highest BCUT2D eigenvalue weighted by Gasteiger charge is 2.18. The Balaban J connectivity index is 1.36. The molecule has 0 bridgehead atoms. The van der Waals surface area contributed by atoms with Gasteiger partial charge in [-0.1, -0.05) is 35.9 Å². The molecule has 0 N–H and O–H groups in total. The number of fused-ring (bicyclic) bond motifs is 2. The van der Waals surface area contributed by atoms with Gasteiger partial charge < -0.3 is 4.42 Å². The van der Waals surface area contributed by atoms with Crippen LogP contribution in [0.2, 0.25) is 0 Å². The topological polar surface area (TPSA) is 44.3 Å². The second kappa shape index (κ2) is 8.94. The van der Waals surface area contributed by atoms with E-state index in [2.05, 4.69) is 79.5 Å². The molecule has 0 radical (unpaired) electrons. The summed E-state index contributed by atoms with van der Waals surface area (Å²) in [6.45, 7) is 7.89. The predicted molar refractivity (Wildman–Crippen MR) is 138 cm³/mol. The van der Waals surface area contributed by atoms with Crippen LogP contribution in [0.5, 0.6) is 0 Å². The first-order chi connectivity index (χ1) is 16.1. The van der Waals surface area contributed by atoms with Crippen LogP contribution in [0, 0.1) is 6.92 Å². The zero-order chi connectivity index (χ0) is 22.8. The second-order valence-corrected chi connectivity index (χ2v) is 8.39. The van der Waals surface area contributed by atoms with E-state index in [4.69, 9.17) is 14.6 Å². The quantitative estimate of drug-likeness (QED) is 0.260. The van der Waals surface area contributed by atoms with Crippen LogP contribution in [0.4, 0.5) is 11.4 Å². The summed E-state index contributed by atoms with van der Waals surface area (Å²) < 4.78 is 6.10. The zero-order valence-electron chi connectivity index (χ0n) is 19.3. The van der Waals surface area contributed by atoms with E-state index >= 15 is 0 Å². The van der Waals surface area contributed by atoms with Gasteiger partial charge in [0.2, 0.25) is 0 Å². The van der Waals surface area contributed by atoms with Crippen LogP contribution in [0.3, 0.4) is 0 Å². The summed E-state index contributed by atoms with van der Waals surface area (Å²) in [5, 5.41) is 14.6. The van der Waals surface area contributed by atoms with Crippen molar-refractivity contribution in [3.05, 3.63) is 95.2 Å². The van der Waals surface area contributed by atoms with Crippen molar-refractivity contribution < 1.29 is 4.42 Å². The number of furan rings is 1. The number of hydrazone groups is 2. The van der Waals surface area contributed by atoms with Crippen molar-refractivity contribution in [1.82, 2.24) is 0 Å². The lowest BCUT2D eigenvalue weighted by atomic mass is 10.1. The molecule has 0 fully saturated rings. The summed E-state index contributed by atoms with van der Waals surface area (Å²) in [4.78, 5) is 0. The average Bonchev–Trinajstić information content (AvgIpc) is 3.45. The molecule has 1 aromatic heterocycles. The number of rotatable bonds is 6. The van der Waals surface area contributed by atoms with Crippen molar-refractivity contribution in [3.63, 3.8) is 0 Å². The highest BCUT2D eigenvalue weighted by atomic mass is 16.3. The first kappa shape index (κ1) is 21.0. The fraction of sp³-hybridized carbons (Fsp3) is 0.214. The lowest BCUT2D eigenvalue weighted by Gasteiger charge is -2.16. The molecule has 5 nitrogen and oxygen atoms in total. The van der Waals surface area contributed by atoms with Crippen molar-refractivity contribution in [3.8, 4) is 0 Å². The standard InChI is InChI=1S/C28H28N4O/c1-4-31(25-12-9-20(2)10-13-25)29-19-22-11-14-27-24(17-22)18-28(33-27)21(3)30-32-16-15-23-7-5-6-8-26(23)32/h5-14,17-19H,4,15-16H2,1-3H3. The fourth-order valence-corrected chi connectivity index (χ4v) is 4.16. The summed E-state index contributed by atoms with van der Waals surface area (Å²) in [5.74, 6) is 0.790. The van der Waals surface area contributed by atoms with Crippen LogP contribution in [0.15, 0.2) is 87.4 Å². The Morgan fingerprint density at radius 3 is 2.70 bits per heavy atom. The molecule has 166 valence electrons. The molecule has 0 saturated carbocycles. The van der Waals surface area contributed by atoms with Gasteiger partial charge in [-0.05, 0) is 80.8 Å². The van der Waals surface area contributed by atoms with Crippen molar-refractivity contribution in [1.29, 1.82) is 0 Å². The lowest BCUT2D eigenvalue weighted by Crippen LogP contribution is -2.15. The van der Waals surface area contributed by atoms with Gasteiger partial charge in [0, 0.05) is 18.5 Å². The van der Waals surface area contributed by atoms with Gasteiger partial charge in [-0.3, -0.25) is 10.0 Å².